The molecule has 0 spiro atoms. The maximum absolute atomic E-state index is 12.8. The van der Waals surface area contributed by atoms with E-state index >= 15 is 0 Å². The van der Waals surface area contributed by atoms with Crippen LogP contribution in [0.5, 0.6) is 0 Å². The number of allylic oxidation sites excluding steroid dienone is 2. The number of phosphoric acid groups is 1. The van der Waals surface area contributed by atoms with Crippen molar-refractivity contribution in [3.8, 4) is 0 Å². The topological polar surface area (TPSA) is 134 Å². The van der Waals surface area contributed by atoms with E-state index in [1.165, 1.54) is 424 Å². The van der Waals surface area contributed by atoms with Crippen LogP contribution in [0.25, 0.3) is 0 Å². The van der Waals surface area contributed by atoms with Crippen molar-refractivity contribution < 1.29 is 37.6 Å². The molecule has 0 aliphatic rings. The second-order valence-corrected chi connectivity index (χ2v) is 31.2. The summed E-state index contributed by atoms with van der Waals surface area (Å²) in [4.78, 5) is 35.5. The average Bonchev–Trinajstić information content (AvgIpc) is 3.25. The fourth-order valence-electron chi connectivity index (χ4n) is 13.8. The van der Waals surface area contributed by atoms with Gasteiger partial charge in [-0.3, -0.25) is 18.6 Å². The Morgan fingerprint density at radius 3 is 0.747 bits per heavy atom. The Hall–Kier alpha value is -1.25. The van der Waals surface area contributed by atoms with E-state index < -0.39 is 26.5 Å². The maximum atomic E-state index is 12.8. The Balaban J connectivity index is 3.69. The van der Waals surface area contributed by atoms with Gasteiger partial charge in [-0.05, 0) is 38.5 Å². The molecule has 0 aromatic carbocycles. The zero-order chi connectivity index (χ0) is 68.6. The van der Waals surface area contributed by atoms with Crippen LogP contribution in [0, 0.1) is 0 Å². The van der Waals surface area contributed by atoms with Gasteiger partial charge in [0.1, 0.15) is 6.61 Å². The number of carbonyl (C=O) groups excluding carboxylic acids is 2. The molecule has 566 valence electrons. The molecule has 0 rings (SSSR count). The third-order valence-corrected chi connectivity index (χ3v) is 21.1. The number of hydrogen-bond acceptors (Lipinski definition) is 8. The highest BCUT2D eigenvalue weighted by molar-refractivity contribution is 7.47. The van der Waals surface area contributed by atoms with Gasteiger partial charge in [-0.2, -0.15) is 0 Å². The maximum Gasteiger partial charge on any atom is 0.472 e. The lowest BCUT2D eigenvalue weighted by atomic mass is 10.0. The van der Waals surface area contributed by atoms with Gasteiger partial charge in [-0.25, -0.2) is 4.57 Å². The van der Waals surface area contributed by atoms with E-state index in [1.807, 2.05) is 0 Å². The van der Waals surface area contributed by atoms with Crippen LogP contribution in [0.15, 0.2) is 12.2 Å². The molecular weight excluding hydrogens is 1190 g/mol. The van der Waals surface area contributed by atoms with Crippen LogP contribution in [-0.4, -0.2) is 49.3 Å². The quantitative estimate of drug-likeness (QED) is 0.0264. The van der Waals surface area contributed by atoms with Gasteiger partial charge >= 0.3 is 19.8 Å². The van der Waals surface area contributed by atoms with E-state index in [1.54, 1.807) is 0 Å². The first-order valence-electron chi connectivity index (χ1n) is 43.2. The van der Waals surface area contributed by atoms with Crippen LogP contribution in [0.2, 0.25) is 0 Å². The molecule has 0 amide bonds. The van der Waals surface area contributed by atoms with Crippen molar-refractivity contribution >= 4 is 19.8 Å². The van der Waals surface area contributed by atoms with Crippen molar-refractivity contribution in [1.82, 2.24) is 0 Å². The minimum Gasteiger partial charge on any atom is -0.462 e. The molecule has 0 aliphatic carbocycles. The largest absolute Gasteiger partial charge is 0.472 e. The van der Waals surface area contributed by atoms with Crippen LogP contribution in [0.4, 0.5) is 0 Å². The van der Waals surface area contributed by atoms with Crippen LogP contribution >= 0.6 is 7.82 Å². The van der Waals surface area contributed by atoms with Crippen molar-refractivity contribution in [3.05, 3.63) is 12.2 Å². The van der Waals surface area contributed by atoms with Crippen molar-refractivity contribution in [1.29, 1.82) is 0 Å². The average molecular weight is 1360 g/mol. The zero-order valence-corrected chi connectivity index (χ0v) is 65.1. The Labute approximate surface area is 593 Å². The van der Waals surface area contributed by atoms with Gasteiger partial charge in [0.25, 0.3) is 0 Å². The number of esters is 2. The number of hydrogen-bond donors (Lipinski definition) is 2. The zero-order valence-electron chi connectivity index (χ0n) is 64.2. The molecule has 10 heteroatoms. The number of unbranched alkanes of at least 4 members (excludes halogenated alkanes) is 69. The first-order valence-corrected chi connectivity index (χ1v) is 44.7. The minimum absolute atomic E-state index is 0.0581. The standard InChI is InChI=1S/C85H168NO8P/c1-3-5-7-9-11-13-15-17-19-21-23-25-27-29-31-33-35-37-38-39-40-41-42-43-44-46-47-49-51-53-55-57-59-61-63-65-67-69-71-73-75-77-84(87)91-81-83(82-93-95(89,90)92-80-79-86)94-85(88)78-76-74-72-70-68-66-64-62-60-58-56-54-52-50-48-45-36-34-32-30-28-26-24-22-20-18-16-14-12-10-8-6-4-2/h22,24,83H,3-21,23,25-82,86H2,1-2H3,(H,89,90)/b24-22-. The molecule has 3 N–H and O–H groups in total. The Morgan fingerprint density at radius 2 is 0.516 bits per heavy atom. The summed E-state index contributed by atoms with van der Waals surface area (Å²) in [6.07, 6.45) is 103. The number of phosphoric ester groups is 1. The summed E-state index contributed by atoms with van der Waals surface area (Å²) in [6, 6.07) is 0. The number of carbonyl (C=O) groups is 2. The van der Waals surface area contributed by atoms with Gasteiger partial charge in [-0.1, -0.05) is 450 Å². The molecule has 0 fully saturated rings. The van der Waals surface area contributed by atoms with E-state index in [0.717, 1.165) is 32.1 Å². The summed E-state index contributed by atoms with van der Waals surface area (Å²) >= 11 is 0. The number of ether oxygens (including phenoxy) is 2. The van der Waals surface area contributed by atoms with Crippen molar-refractivity contribution in [2.45, 2.75) is 495 Å². The molecule has 0 bridgehead atoms. The highest BCUT2D eigenvalue weighted by Gasteiger charge is 2.26. The molecule has 0 saturated carbocycles. The smallest absolute Gasteiger partial charge is 0.462 e. The normalized spacial score (nSPS) is 12.8. The van der Waals surface area contributed by atoms with E-state index in [-0.39, 0.29) is 38.6 Å². The summed E-state index contributed by atoms with van der Waals surface area (Å²) in [5.74, 6) is -0.795. The molecule has 0 aromatic rings. The lowest BCUT2D eigenvalue weighted by Crippen LogP contribution is -2.29. The molecule has 2 atom stereocenters. The fraction of sp³-hybridized carbons (Fsp3) is 0.953. The van der Waals surface area contributed by atoms with E-state index in [2.05, 4.69) is 26.0 Å². The first-order chi connectivity index (χ1) is 46.8. The Morgan fingerprint density at radius 1 is 0.305 bits per heavy atom. The molecule has 0 aromatic heterocycles. The summed E-state index contributed by atoms with van der Waals surface area (Å²) in [5, 5.41) is 0. The molecular formula is C85H168NO8P. The molecule has 2 unspecified atom stereocenters. The predicted octanol–water partition coefficient (Wildman–Crippen LogP) is 29.0. The van der Waals surface area contributed by atoms with Crippen molar-refractivity contribution in [2.75, 3.05) is 26.4 Å². The SMILES string of the molecule is CCCCCCCCCC/C=C\CCCCCCCCCCCCCCCCCCCCCCCC(=O)OC(COC(=O)CCCCCCCCCCCCCCCCCCCCCCCCCCCCCCCCCCCCCCCCCCC)COP(=O)(O)OCCN. The van der Waals surface area contributed by atoms with Crippen molar-refractivity contribution in [2.24, 2.45) is 5.73 Å². The van der Waals surface area contributed by atoms with E-state index in [9.17, 15) is 19.0 Å². The molecule has 9 nitrogen and oxygen atoms in total. The van der Waals surface area contributed by atoms with Crippen LogP contribution in [0.1, 0.15) is 489 Å². The molecule has 0 saturated heterocycles. The van der Waals surface area contributed by atoms with Gasteiger partial charge in [-0.15, -0.1) is 0 Å². The summed E-state index contributed by atoms with van der Waals surface area (Å²) in [7, 11) is -4.39. The molecule has 0 heterocycles. The second-order valence-electron chi connectivity index (χ2n) is 29.8. The third-order valence-electron chi connectivity index (χ3n) is 20.2. The highest BCUT2D eigenvalue weighted by Crippen LogP contribution is 2.43. The van der Waals surface area contributed by atoms with Gasteiger partial charge < -0.3 is 20.1 Å². The molecule has 95 heavy (non-hydrogen) atoms. The fourth-order valence-corrected chi connectivity index (χ4v) is 14.5. The lowest BCUT2D eigenvalue weighted by Gasteiger charge is -2.19. The van der Waals surface area contributed by atoms with Gasteiger partial charge in [0.05, 0.1) is 13.2 Å². The van der Waals surface area contributed by atoms with Gasteiger partial charge in [0.2, 0.25) is 0 Å². The van der Waals surface area contributed by atoms with Crippen LogP contribution < -0.4 is 5.73 Å². The number of rotatable bonds is 84. The molecule has 0 radical (unpaired) electrons. The monoisotopic (exact) mass is 1360 g/mol. The van der Waals surface area contributed by atoms with Gasteiger partial charge in [0.15, 0.2) is 6.10 Å². The lowest BCUT2D eigenvalue weighted by molar-refractivity contribution is -0.161. The van der Waals surface area contributed by atoms with E-state index in [0.29, 0.717) is 6.42 Å². The minimum atomic E-state index is -4.39. The molecule has 0 aliphatic heterocycles. The first kappa shape index (κ1) is 93.8. The van der Waals surface area contributed by atoms with E-state index in [4.69, 9.17) is 24.3 Å². The van der Waals surface area contributed by atoms with Crippen molar-refractivity contribution in [3.63, 3.8) is 0 Å². The summed E-state index contributed by atoms with van der Waals surface area (Å²) in [5.41, 5.74) is 5.42. The van der Waals surface area contributed by atoms with Crippen LogP contribution in [-0.2, 0) is 32.7 Å². The predicted molar refractivity (Wildman–Crippen MR) is 414 cm³/mol. The Kier molecular flexibility index (Phi) is 80.6. The second kappa shape index (κ2) is 81.7. The van der Waals surface area contributed by atoms with Gasteiger partial charge in [0, 0.05) is 19.4 Å². The van der Waals surface area contributed by atoms with Crippen LogP contribution in [0.3, 0.4) is 0 Å². The summed E-state index contributed by atoms with van der Waals surface area (Å²) in [6.45, 7) is 3.85. The summed E-state index contributed by atoms with van der Waals surface area (Å²) < 4.78 is 33.3. The number of nitrogens with two attached hydrogens (primary N) is 1. The third kappa shape index (κ3) is 81.6. The highest BCUT2D eigenvalue weighted by atomic mass is 31.2. The Bertz CT molecular complexity index is 1560.